The summed E-state index contributed by atoms with van der Waals surface area (Å²) in [7, 11) is 4.06. The number of hydrogen-bond donors (Lipinski definition) is 3. The average molecular weight is 536 g/mol. The third-order valence-electron chi connectivity index (χ3n) is 6.22. The number of amides is 5. The van der Waals surface area contributed by atoms with E-state index in [0.29, 0.717) is 19.1 Å². The van der Waals surface area contributed by atoms with Crippen molar-refractivity contribution in [2.45, 2.75) is 25.3 Å². The highest BCUT2D eigenvalue weighted by atomic mass is 19.1. The monoisotopic (exact) mass is 535 g/mol. The van der Waals surface area contributed by atoms with Gasteiger partial charge in [0, 0.05) is 37.0 Å². The maximum atomic E-state index is 14.7. The number of imide groups is 1. The van der Waals surface area contributed by atoms with Gasteiger partial charge >= 0.3 is 12.1 Å². The van der Waals surface area contributed by atoms with Gasteiger partial charge in [-0.2, -0.15) is 0 Å². The summed E-state index contributed by atoms with van der Waals surface area (Å²) < 4.78 is 20.2. The molecule has 1 saturated heterocycles. The van der Waals surface area contributed by atoms with Crippen molar-refractivity contribution in [2.75, 3.05) is 37.8 Å². The number of anilines is 2. The molecule has 1 aliphatic heterocycles. The van der Waals surface area contributed by atoms with E-state index in [0.717, 1.165) is 24.5 Å². The van der Waals surface area contributed by atoms with Crippen LogP contribution in [0, 0.1) is 5.82 Å². The van der Waals surface area contributed by atoms with Crippen molar-refractivity contribution in [3.8, 4) is 11.6 Å². The second kappa shape index (κ2) is 12.8. The molecule has 1 fully saturated rings. The molecule has 0 unspecified atom stereocenters. The Morgan fingerprint density at radius 1 is 1.03 bits per heavy atom. The van der Waals surface area contributed by atoms with E-state index in [4.69, 9.17) is 4.74 Å². The molecular formula is C27H30FN7O4. The molecule has 1 aliphatic rings. The highest BCUT2D eigenvalue weighted by Gasteiger charge is 2.24. The van der Waals surface area contributed by atoms with Gasteiger partial charge in [0.2, 0.25) is 11.8 Å². The molecule has 4 rings (SSSR count). The first-order valence-electron chi connectivity index (χ1n) is 12.4. The van der Waals surface area contributed by atoms with Crippen LogP contribution in [0.25, 0.3) is 0 Å². The molecule has 3 aromatic rings. The Kier molecular flexibility index (Phi) is 9.00. The molecule has 0 aliphatic carbocycles. The Morgan fingerprint density at radius 2 is 1.77 bits per heavy atom. The number of halogens is 1. The highest BCUT2D eigenvalue weighted by Crippen LogP contribution is 2.26. The molecule has 0 atom stereocenters. The largest absolute Gasteiger partial charge is 0.436 e. The van der Waals surface area contributed by atoms with E-state index in [1.807, 2.05) is 20.2 Å². The standard InChI is InChI=1S/C27H30FN7O4/c1-34(2)20-10-12-35(13-11-20)27(38)32-23-16-25(30-17-29-23)39-22-9-8-19(15-21(22)28)31-26(37)33-24(36)14-18-6-4-3-5-7-18/h3-9,15-17,20H,10-14H2,1-2H3,(H,29,30,32,38)(H2,31,33,36,37). The normalized spacial score (nSPS) is 13.6. The van der Waals surface area contributed by atoms with Crippen molar-refractivity contribution in [3.05, 3.63) is 72.3 Å². The summed E-state index contributed by atoms with van der Waals surface area (Å²) in [6.45, 7) is 1.27. The first-order valence-corrected chi connectivity index (χ1v) is 12.4. The third-order valence-corrected chi connectivity index (χ3v) is 6.22. The predicted molar refractivity (Wildman–Crippen MR) is 143 cm³/mol. The number of nitrogens with one attached hydrogen (secondary N) is 3. The van der Waals surface area contributed by atoms with Crippen LogP contribution in [-0.2, 0) is 11.2 Å². The summed E-state index contributed by atoms with van der Waals surface area (Å²) in [6, 6.07) is 13.5. The van der Waals surface area contributed by atoms with Crippen LogP contribution in [-0.4, -0.2) is 71.0 Å². The summed E-state index contributed by atoms with van der Waals surface area (Å²) in [5, 5.41) is 7.34. The van der Waals surface area contributed by atoms with Crippen LogP contribution in [0.5, 0.6) is 11.6 Å². The van der Waals surface area contributed by atoms with E-state index in [-0.39, 0.29) is 35.6 Å². The van der Waals surface area contributed by atoms with Crippen molar-refractivity contribution in [1.82, 2.24) is 25.1 Å². The second-order valence-electron chi connectivity index (χ2n) is 9.27. The Bertz CT molecular complexity index is 1310. The zero-order chi connectivity index (χ0) is 27.8. The maximum absolute atomic E-state index is 14.7. The summed E-state index contributed by atoms with van der Waals surface area (Å²) in [5.41, 5.74) is 0.881. The molecule has 39 heavy (non-hydrogen) atoms. The molecule has 11 nitrogen and oxygen atoms in total. The van der Waals surface area contributed by atoms with Gasteiger partial charge in [0.05, 0.1) is 6.42 Å². The van der Waals surface area contributed by atoms with Gasteiger partial charge in [-0.3, -0.25) is 15.4 Å². The quantitative estimate of drug-likeness (QED) is 0.419. The molecule has 5 amide bonds. The molecule has 0 spiro atoms. The lowest BCUT2D eigenvalue weighted by Gasteiger charge is -2.35. The topological polar surface area (TPSA) is 129 Å². The number of rotatable bonds is 7. The summed E-state index contributed by atoms with van der Waals surface area (Å²) in [5.74, 6) is -1.17. The van der Waals surface area contributed by atoms with E-state index in [1.54, 1.807) is 29.2 Å². The number of benzene rings is 2. The van der Waals surface area contributed by atoms with Gasteiger partial charge in [0.25, 0.3) is 0 Å². The minimum atomic E-state index is -0.786. The number of aromatic nitrogens is 2. The van der Waals surface area contributed by atoms with Crippen LogP contribution in [0.3, 0.4) is 0 Å². The SMILES string of the molecule is CN(C)C1CCN(C(=O)Nc2cc(Oc3ccc(NC(=O)NC(=O)Cc4ccccc4)cc3F)ncn2)CC1. The van der Waals surface area contributed by atoms with Gasteiger partial charge in [0.15, 0.2) is 11.6 Å². The molecule has 2 aromatic carbocycles. The Morgan fingerprint density at radius 3 is 2.46 bits per heavy atom. The Balaban J connectivity index is 1.29. The molecular weight excluding hydrogens is 505 g/mol. The second-order valence-corrected chi connectivity index (χ2v) is 9.27. The molecule has 0 radical (unpaired) electrons. The highest BCUT2D eigenvalue weighted by molar-refractivity contribution is 6.01. The van der Waals surface area contributed by atoms with Crippen LogP contribution < -0.4 is 20.7 Å². The van der Waals surface area contributed by atoms with Crippen LogP contribution >= 0.6 is 0 Å². The van der Waals surface area contributed by atoms with Crippen LogP contribution in [0.4, 0.5) is 25.5 Å². The third kappa shape index (κ3) is 7.95. The van der Waals surface area contributed by atoms with Gasteiger partial charge in [-0.05, 0) is 44.6 Å². The van der Waals surface area contributed by atoms with Crippen LogP contribution in [0.2, 0.25) is 0 Å². The fraction of sp³-hybridized carbons (Fsp3) is 0.296. The smallest absolute Gasteiger partial charge is 0.325 e. The summed E-state index contributed by atoms with van der Waals surface area (Å²) in [6.07, 6.45) is 3.00. The number of hydrogen-bond acceptors (Lipinski definition) is 7. The number of urea groups is 2. The van der Waals surface area contributed by atoms with E-state index >= 15 is 0 Å². The summed E-state index contributed by atoms with van der Waals surface area (Å²) >= 11 is 0. The lowest BCUT2D eigenvalue weighted by atomic mass is 10.0. The minimum Gasteiger partial charge on any atom is -0.436 e. The minimum absolute atomic E-state index is 0.0236. The van der Waals surface area contributed by atoms with Crippen molar-refractivity contribution in [2.24, 2.45) is 0 Å². The number of piperidine rings is 1. The summed E-state index contributed by atoms with van der Waals surface area (Å²) in [4.78, 5) is 48.7. The average Bonchev–Trinajstić information content (AvgIpc) is 2.91. The number of likely N-dealkylation sites (tertiary alicyclic amines) is 1. The van der Waals surface area contributed by atoms with Gasteiger partial charge < -0.3 is 19.9 Å². The van der Waals surface area contributed by atoms with Crippen LogP contribution in [0.1, 0.15) is 18.4 Å². The number of ether oxygens (including phenoxy) is 1. The predicted octanol–water partition coefficient (Wildman–Crippen LogP) is 3.86. The van der Waals surface area contributed by atoms with Crippen LogP contribution in [0.15, 0.2) is 60.9 Å². The molecule has 1 aromatic heterocycles. The maximum Gasteiger partial charge on any atom is 0.325 e. The van der Waals surface area contributed by atoms with Gasteiger partial charge in [0.1, 0.15) is 12.1 Å². The molecule has 0 saturated carbocycles. The fourth-order valence-corrected chi connectivity index (χ4v) is 4.13. The molecule has 3 N–H and O–H groups in total. The van der Waals surface area contributed by atoms with Gasteiger partial charge in [-0.15, -0.1) is 0 Å². The van der Waals surface area contributed by atoms with Crippen molar-refractivity contribution in [1.29, 1.82) is 0 Å². The number of carbonyl (C=O) groups is 3. The first kappa shape index (κ1) is 27.5. The fourth-order valence-electron chi connectivity index (χ4n) is 4.13. The van der Waals surface area contributed by atoms with Gasteiger partial charge in [-0.25, -0.2) is 23.9 Å². The van der Waals surface area contributed by atoms with E-state index < -0.39 is 17.8 Å². The Hall–Kier alpha value is -4.58. The lowest BCUT2D eigenvalue weighted by Crippen LogP contribution is -2.46. The van der Waals surface area contributed by atoms with Gasteiger partial charge in [-0.1, -0.05) is 30.3 Å². The number of carbonyl (C=O) groups excluding carboxylic acids is 3. The van der Waals surface area contributed by atoms with E-state index in [2.05, 4.69) is 30.8 Å². The van der Waals surface area contributed by atoms with Crippen molar-refractivity contribution < 1.29 is 23.5 Å². The molecule has 204 valence electrons. The van der Waals surface area contributed by atoms with Crippen molar-refractivity contribution in [3.63, 3.8) is 0 Å². The number of nitrogens with zero attached hydrogens (tertiary/aromatic N) is 4. The zero-order valence-corrected chi connectivity index (χ0v) is 21.7. The molecule has 12 heteroatoms. The lowest BCUT2D eigenvalue weighted by molar-refractivity contribution is -0.119. The molecule has 0 bridgehead atoms. The van der Waals surface area contributed by atoms with Crippen molar-refractivity contribution >= 4 is 29.5 Å². The Labute approximate surface area is 225 Å². The molecule has 2 heterocycles. The van der Waals surface area contributed by atoms with E-state index in [1.165, 1.54) is 24.5 Å². The first-order chi connectivity index (χ1) is 18.8. The zero-order valence-electron chi connectivity index (χ0n) is 21.7. The van der Waals surface area contributed by atoms with E-state index in [9.17, 15) is 18.8 Å².